The van der Waals surface area contributed by atoms with Crippen molar-refractivity contribution in [3.63, 3.8) is 0 Å². The van der Waals surface area contributed by atoms with E-state index < -0.39 is 6.10 Å². The molecule has 10 nitrogen and oxygen atoms in total. The first-order valence-corrected chi connectivity index (χ1v) is 17.4. The minimum Gasteiger partial charge on any atom is -0.391 e. The summed E-state index contributed by atoms with van der Waals surface area (Å²) >= 11 is 0. The molecule has 5 rings (SSSR count). The van der Waals surface area contributed by atoms with Crippen molar-refractivity contribution in [2.24, 2.45) is 0 Å². The molecule has 2 aromatic heterocycles. The number of likely N-dealkylation sites (tertiary alicyclic amines) is 1. The topological polar surface area (TPSA) is 122 Å². The summed E-state index contributed by atoms with van der Waals surface area (Å²) in [6.45, 7) is 11.9. The van der Waals surface area contributed by atoms with E-state index in [-0.39, 0.29) is 29.8 Å². The van der Waals surface area contributed by atoms with Gasteiger partial charge in [-0.1, -0.05) is 19.9 Å². The number of anilines is 1. The van der Waals surface area contributed by atoms with Gasteiger partial charge in [0.15, 0.2) is 0 Å². The smallest absolute Gasteiger partial charge is 0.272 e. The minimum atomic E-state index is -0.496. The Morgan fingerprint density at radius 1 is 1.04 bits per heavy atom. The highest BCUT2D eigenvalue weighted by molar-refractivity contribution is 5.99. The lowest BCUT2D eigenvalue weighted by Gasteiger charge is -2.40. The van der Waals surface area contributed by atoms with Gasteiger partial charge in [-0.25, -0.2) is 0 Å². The van der Waals surface area contributed by atoms with Crippen LogP contribution in [0.1, 0.15) is 102 Å². The number of nitrogens with zero attached hydrogens (tertiary/aromatic N) is 4. The Labute approximate surface area is 284 Å². The third kappa shape index (κ3) is 7.65. The Bertz CT molecular complexity index is 1670. The van der Waals surface area contributed by atoms with E-state index in [0.29, 0.717) is 48.4 Å². The monoisotopic (exact) mass is 656 g/mol. The van der Waals surface area contributed by atoms with Gasteiger partial charge in [0.2, 0.25) is 0 Å². The summed E-state index contributed by atoms with van der Waals surface area (Å²) in [7, 11) is 4.30. The Morgan fingerprint density at radius 2 is 1.75 bits per heavy atom. The van der Waals surface area contributed by atoms with Crippen LogP contribution in [0.25, 0.3) is 11.1 Å². The van der Waals surface area contributed by atoms with E-state index in [4.69, 9.17) is 0 Å². The lowest BCUT2D eigenvalue weighted by atomic mass is 9.88. The maximum atomic E-state index is 14.0. The molecule has 0 spiro atoms. The van der Waals surface area contributed by atoms with Crippen molar-refractivity contribution in [2.45, 2.75) is 97.4 Å². The molecule has 1 saturated heterocycles. The van der Waals surface area contributed by atoms with E-state index in [1.165, 1.54) is 0 Å². The van der Waals surface area contributed by atoms with Crippen LogP contribution < -0.4 is 15.8 Å². The molecule has 2 amide bonds. The number of hydrogen-bond donors (Lipinski definition) is 3. The van der Waals surface area contributed by atoms with Crippen molar-refractivity contribution in [3.8, 4) is 11.1 Å². The summed E-state index contributed by atoms with van der Waals surface area (Å²) in [6, 6.07) is 10.5. The molecular weight excluding hydrogens is 604 g/mol. The zero-order valence-corrected chi connectivity index (χ0v) is 29.6. The number of hydrogen-bond acceptors (Lipinski definition) is 7. The largest absolute Gasteiger partial charge is 0.391 e. The number of carbonyl (C=O) groups is 2. The van der Waals surface area contributed by atoms with Crippen molar-refractivity contribution in [1.82, 2.24) is 25.1 Å². The fourth-order valence-electron chi connectivity index (χ4n) is 7.39. The molecule has 1 aliphatic heterocycles. The standard InChI is InChI=1S/C38H52N6O4/c1-8-44(29-12-10-28(11-13-29)42(6)7)35-19-27(26-9-14-34(39-20-26)38(48)43-16-15-30(45)22-43)18-32(25(35)5)36(46)40-21-33-31(23(2)3)17-24(4)41-37(33)47/h9,14,17-20,23,28-30,45H,8,10-13,15-16,21-22H2,1-7H3,(H,40,46)(H,41,47)/t28?,29?,30-/m0/s1. The molecule has 0 unspecified atom stereocenters. The Balaban J connectivity index is 1.49. The zero-order valence-electron chi connectivity index (χ0n) is 29.6. The number of aliphatic hydroxyl groups excluding tert-OH is 1. The maximum absolute atomic E-state index is 14.0. The summed E-state index contributed by atoms with van der Waals surface area (Å²) in [4.78, 5) is 53.8. The fourth-order valence-corrected chi connectivity index (χ4v) is 7.39. The number of amides is 2. The zero-order chi connectivity index (χ0) is 34.7. The summed E-state index contributed by atoms with van der Waals surface area (Å²) in [5, 5.41) is 13.0. The Kier molecular flexibility index (Phi) is 11.1. The van der Waals surface area contributed by atoms with Crippen LogP contribution in [0.2, 0.25) is 0 Å². The highest BCUT2D eigenvalue weighted by Crippen LogP contribution is 2.36. The average Bonchev–Trinajstić information content (AvgIpc) is 3.51. The van der Waals surface area contributed by atoms with Crippen LogP contribution in [0.5, 0.6) is 0 Å². The van der Waals surface area contributed by atoms with Crippen LogP contribution in [0, 0.1) is 13.8 Å². The highest BCUT2D eigenvalue weighted by atomic mass is 16.3. The van der Waals surface area contributed by atoms with Gasteiger partial charge < -0.3 is 30.1 Å². The molecule has 2 aliphatic rings. The Morgan fingerprint density at radius 3 is 2.33 bits per heavy atom. The van der Waals surface area contributed by atoms with Gasteiger partial charge in [-0.15, -0.1) is 0 Å². The lowest BCUT2D eigenvalue weighted by molar-refractivity contribution is 0.0759. The van der Waals surface area contributed by atoms with E-state index in [0.717, 1.165) is 65.9 Å². The number of H-pyrrole nitrogens is 1. The third-order valence-corrected chi connectivity index (χ3v) is 10.2. The molecule has 258 valence electrons. The summed E-state index contributed by atoms with van der Waals surface area (Å²) < 4.78 is 0. The maximum Gasteiger partial charge on any atom is 0.272 e. The molecule has 1 aliphatic carbocycles. The molecule has 0 radical (unpaired) electrons. The van der Waals surface area contributed by atoms with Gasteiger partial charge >= 0.3 is 0 Å². The first-order chi connectivity index (χ1) is 22.9. The van der Waals surface area contributed by atoms with Crippen LogP contribution >= 0.6 is 0 Å². The number of aromatic amines is 1. The minimum absolute atomic E-state index is 0.122. The summed E-state index contributed by atoms with van der Waals surface area (Å²) in [6.07, 6.45) is 6.15. The fraction of sp³-hybridized carbons (Fsp3) is 0.526. The third-order valence-electron chi connectivity index (χ3n) is 10.2. The molecule has 10 heteroatoms. The van der Waals surface area contributed by atoms with E-state index in [1.807, 2.05) is 45.9 Å². The normalized spacial score (nSPS) is 19.6. The van der Waals surface area contributed by atoms with Crippen LogP contribution in [0.15, 0.2) is 41.3 Å². The summed E-state index contributed by atoms with van der Waals surface area (Å²) in [5.74, 6) is -0.307. The molecule has 3 aromatic rings. The number of nitrogens with one attached hydrogen (secondary N) is 2. The van der Waals surface area contributed by atoms with Crippen molar-refractivity contribution in [1.29, 1.82) is 0 Å². The van der Waals surface area contributed by atoms with E-state index in [9.17, 15) is 19.5 Å². The number of benzene rings is 1. The van der Waals surface area contributed by atoms with Crippen LogP contribution in [0.4, 0.5) is 5.69 Å². The molecule has 1 aromatic carbocycles. The van der Waals surface area contributed by atoms with Gasteiger partial charge in [0.1, 0.15) is 5.69 Å². The first kappa shape index (κ1) is 35.3. The van der Waals surface area contributed by atoms with Crippen molar-refractivity contribution in [3.05, 3.63) is 80.5 Å². The molecule has 48 heavy (non-hydrogen) atoms. The predicted molar refractivity (Wildman–Crippen MR) is 191 cm³/mol. The molecule has 1 saturated carbocycles. The lowest BCUT2D eigenvalue weighted by Crippen LogP contribution is -2.42. The van der Waals surface area contributed by atoms with Crippen molar-refractivity contribution >= 4 is 17.5 Å². The summed E-state index contributed by atoms with van der Waals surface area (Å²) in [5.41, 5.74) is 6.52. The van der Waals surface area contributed by atoms with Gasteiger partial charge in [-0.2, -0.15) is 0 Å². The van der Waals surface area contributed by atoms with Crippen LogP contribution in [0.3, 0.4) is 0 Å². The first-order valence-electron chi connectivity index (χ1n) is 17.4. The second-order valence-electron chi connectivity index (χ2n) is 14.1. The SMILES string of the molecule is CCN(c1cc(-c2ccc(C(=O)N3CC[C@H](O)C3)nc2)cc(C(=O)NCc2c(C(C)C)cc(C)[nH]c2=O)c1C)C1CCC(N(C)C)CC1. The second kappa shape index (κ2) is 15.0. The van der Waals surface area contributed by atoms with E-state index >= 15 is 0 Å². The van der Waals surface area contributed by atoms with Gasteiger partial charge in [0.05, 0.1) is 6.10 Å². The number of pyridine rings is 2. The average molecular weight is 657 g/mol. The number of aryl methyl sites for hydroxylation is 1. The van der Waals surface area contributed by atoms with E-state index in [2.05, 4.69) is 52.2 Å². The molecule has 1 atom stereocenters. The molecule has 3 N–H and O–H groups in total. The van der Waals surface area contributed by atoms with Crippen molar-refractivity contribution in [2.75, 3.05) is 38.6 Å². The predicted octanol–water partition coefficient (Wildman–Crippen LogP) is 5.01. The molecular formula is C38H52N6O4. The second-order valence-corrected chi connectivity index (χ2v) is 14.1. The molecule has 0 bridgehead atoms. The quantitative estimate of drug-likeness (QED) is 0.281. The molecule has 3 heterocycles. The van der Waals surface area contributed by atoms with Crippen LogP contribution in [-0.2, 0) is 6.54 Å². The number of rotatable bonds is 10. The number of carbonyl (C=O) groups excluding carboxylic acids is 2. The number of aromatic nitrogens is 2. The van der Waals surface area contributed by atoms with Gasteiger partial charge in [-0.3, -0.25) is 19.4 Å². The number of β-amino-alcohol motifs (C(OH)–C–C–N with tert-alkyl or cyclic N) is 1. The van der Waals surface area contributed by atoms with Crippen molar-refractivity contribution < 1.29 is 14.7 Å². The molecule has 2 fully saturated rings. The van der Waals surface area contributed by atoms with Gasteiger partial charge in [-0.05, 0) is 114 Å². The van der Waals surface area contributed by atoms with E-state index in [1.54, 1.807) is 17.2 Å². The van der Waals surface area contributed by atoms with Gasteiger partial charge in [0, 0.05) is 72.5 Å². The Hall–Kier alpha value is -4.02. The van der Waals surface area contributed by atoms with Crippen LogP contribution in [-0.4, -0.2) is 88.6 Å². The van der Waals surface area contributed by atoms with Gasteiger partial charge in [0.25, 0.3) is 17.4 Å². The highest BCUT2D eigenvalue weighted by Gasteiger charge is 2.29. The number of aliphatic hydroxyl groups is 1.